The Labute approximate surface area is 161 Å². The number of hydrogen-bond donors (Lipinski definition) is 2. The Morgan fingerprint density at radius 3 is 2.54 bits per heavy atom. The second-order valence-electron chi connectivity index (χ2n) is 5.70. The van der Waals surface area contributed by atoms with Crippen molar-refractivity contribution in [3.63, 3.8) is 0 Å². The number of anilines is 2. The first-order valence-electron chi connectivity index (χ1n) is 8.57. The Bertz CT molecular complexity index is 884. The lowest BCUT2D eigenvalue weighted by molar-refractivity contribution is -0.384. The predicted octanol–water partition coefficient (Wildman–Crippen LogP) is 3.22. The van der Waals surface area contributed by atoms with Crippen LogP contribution in [0.4, 0.5) is 17.1 Å². The van der Waals surface area contributed by atoms with Crippen LogP contribution in [-0.2, 0) is 9.53 Å². The number of para-hydroxylation sites is 2. The highest BCUT2D eigenvalue weighted by molar-refractivity contribution is 6.00. The molecule has 1 atom stereocenters. The van der Waals surface area contributed by atoms with Crippen molar-refractivity contribution in [1.29, 1.82) is 0 Å². The van der Waals surface area contributed by atoms with Crippen molar-refractivity contribution >= 4 is 28.9 Å². The fourth-order valence-electron chi connectivity index (χ4n) is 2.40. The van der Waals surface area contributed by atoms with E-state index in [1.807, 2.05) is 6.92 Å². The predicted molar refractivity (Wildman–Crippen MR) is 104 cm³/mol. The van der Waals surface area contributed by atoms with Gasteiger partial charge in [0.15, 0.2) is 6.10 Å². The van der Waals surface area contributed by atoms with Gasteiger partial charge in [-0.15, -0.1) is 0 Å². The number of ether oxygens (including phenoxy) is 2. The third kappa shape index (κ3) is 4.97. The Morgan fingerprint density at radius 2 is 1.89 bits per heavy atom. The fraction of sp³-hybridized carbons (Fsp3) is 0.263. The number of carbonyl (C=O) groups is 2. The van der Waals surface area contributed by atoms with Crippen molar-refractivity contribution in [1.82, 2.24) is 0 Å². The molecule has 1 amide bonds. The van der Waals surface area contributed by atoms with E-state index in [-0.39, 0.29) is 11.3 Å². The van der Waals surface area contributed by atoms with Crippen molar-refractivity contribution < 1.29 is 24.0 Å². The van der Waals surface area contributed by atoms with Crippen LogP contribution in [-0.4, -0.2) is 36.6 Å². The van der Waals surface area contributed by atoms with Crippen LogP contribution >= 0.6 is 0 Å². The minimum Gasteiger partial charge on any atom is -0.492 e. The van der Waals surface area contributed by atoms with Gasteiger partial charge < -0.3 is 20.1 Å². The summed E-state index contributed by atoms with van der Waals surface area (Å²) in [5.74, 6) is -0.918. The zero-order chi connectivity index (χ0) is 20.7. The van der Waals surface area contributed by atoms with E-state index in [2.05, 4.69) is 10.6 Å². The molecule has 2 aromatic rings. The summed E-state index contributed by atoms with van der Waals surface area (Å²) in [5.41, 5.74) is 0.508. The van der Waals surface area contributed by atoms with Gasteiger partial charge in [0.1, 0.15) is 5.75 Å². The molecule has 0 aliphatic carbocycles. The maximum atomic E-state index is 12.4. The van der Waals surface area contributed by atoms with Crippen molar-refractivity contribution in [3.05, 3.63) is 58.1 Å². The van der Waals surface area contributed by atoms with Crippen molar-refractivity contribution in [2.45, 2.75) is 20.0 Å². The molecule has 0 aromatic heterocycles. The number of nitrogens with one attached hydrogen (secondary N) is 2. The number of hydrogen-bond acceptors (Lipinski definition) is 7. The Morgan fingerprint density at radius 1 is 1.18 bits per heavy atom. The first-order valence-corrected chi connectivity index (χ1v) is 8.57. The molecule has 0 aliphatic heterocycles. The average Bonchev–Trinajstić information content (AvgIpc) is 2.68. The summed E-state index contributed by atoms with van der Waals surface area (Å²) in [6.07, 6.45) is -1.13. The van der Waals surface area contributed by atoms with Gasteiger partial charge in [-0.05, 0) is 32.0 Å². The molecule has 0 heterocycles. The third-order valence-electron chi connectivity index (χ3n) is 3.80. The smallest absolute Gasteiger partial charge is 0.341 e. The van der Waals surface area contributed by atoms with E-state index in [1.165, 1.54) is 19.1 Å². The number of non-ortho nitro benzene ring substituents is 1. The number of benzene rings is 2. The summed E-state index contributed by atoms with van der Waals surface area (Å²) in [7, 11) is 1.57. The molecule has 28 heavy (non-hydrogen) atoms. The van der Waals surface area contributed by atoms with Crippen LogP contribution in [0, 0.1) is 10.1 Å². The van der Waals surface area contributed by atoms with E-state index < -0.39 is 22.9 Å². The van der Waals surface area contributed by atoms with Gasteiger partial charge in [0.2, 0.25) is 0 Å². The summed E-state index contributed by atoms with van der Waals surface area (Å²) in [5, 5.41) is 16.4. The van der Waals surface area contributed by atoms with E-state index >= 15 is 0 Å². The van der Waals surface area contributed by atoms with Gasteiger partial charge in [-0.25, -0.2) is 4.79 Å². The number of carbonyl (C=O) groups excluding carboxylic acids is 2. The van der Waals surface area contributed by atoms with Gasteiger partial charge in [0.05, 0.1) is 22.8 Å². The molecule has 0 bridgehead atoms. The first-order chi connectivity index (χ1) is 13.4. The lowest BCUT2D eigenvalue weighted by atomic mass is 10.1. The molecule has 2 N–H and O–H groups in total. The molecule has 9 nitrogen and oxygen atoms in total. The highest BCUT2D eigenvalue weighted by atomic mass is 16.6. The topological polar surface area (TPSA) is 120 Å². The largest absolute Gasteiger partial charge is 0.492 e. The molecule has 2 rings (SSSR count). The minimum atomic E-state index is -1.13. The molecule has 148 valence electrons. The second-order valence-corrected chi connectivity index (χ2v) is 5.70. The molecule has 0 saturated carbocycles. The quantitative estimate of drug-likeness (QED) is 0.405. The third-order valence-corrected chi connectivity index (χ3v) is 3.80. The molecule has 0 saturated heterocycles. The molecule has 9 heteroatoms. The van der Waals surface area contributed by atoms with E-state index in [0.717, 1.165) is 6.07 Å². The summed E-state index contributed by atoms with van der Waals surface area (Å²) < 4.78 is 10.6. The van der Waals surface area contributed by atoms with E-state index in [9.17, 15) is 19.7 Å². The maximum Gasteiger partial charge on any atom is 0.341 e. The molecule has 0 spiro atoms. The summed E-state index contributed by atoms with van der Waals surface area (Å²) >= 11 is 0. The zero-order valence-electron chi connectivity index (χ0n) is 15.7. The van der Waals surface area contributed by atoms with Gasteiger partial charge in [0.25, 0.3) is 11.6 Å². The number of rotatable bonds is 8. The van der Waals surface area contributed by atoms with Crippen molar-refractivity contribution in [2.24, 2.45) is 0 Å². The van der Waals surface area contributed by atoms with Gasteiger partial charge >= 0.3 is 5.97 Å². The van der Waals surface area contributed by atoms with Crippen LogP contribution in [0.25, 0.3) is 0 Å². The highest BCUT2D eigenvalue weighted by Gasteiger charge is 2.23. The standard InChI is InChI=1S/C19H21N3O6/c1-4-27-17-8-6-5-7-16(17)21-18(23)12(2)28-19(24)14-11-13(22(25)26)9-10-15(14)20-3/h5-12,20H,4H2,1-3H3,(H,21,23)/t12-/m1/s1. The van der Waals surface area contributed by atoms with Crippen LogP contribution < -0.4 is 15.4 Å². The normalized spacial score (nSPS) is 11.2. The van der Waals surface area contributed by atoms with Crippen LogP contribution in [0.2, 0.25) is 0 Å². The van der Waals surface area contributed by atoms with E-state index in [0.29, 0.717) is 23.7 Å². The van der Waals surface area contributed by atoms with Gasteiger partial charge in [0, 0.05) is 24.9 Å². The highest BCUT2D eigenvalue weighted by Crippen LogP contribution is 2.25. The lowest BCUT2D eigenvalue weighted by Crippen LogP contribution is -2.30. The van der Waals surface area contributed by atoms with Crippen molar-refractivity contribution in [2.75, 3.05) is 24.3 Å². The minimum absolute atomic E-state index is 0.0360. The monoisotopic (exact) mass is 387 g/mol. The SMILES string of the molecule is CCOc1ccccc1NC(=O)[C@@H](C)OC(=O)c1cc([N+](=O)[O-])ccc1NC. The van der Waals surface area contributed by atoms with Crippen LogP contribution in [0.15, 0.2) is 42.5 Å². The van der Waals surface area contributed by atoms with Crippen molar-refractivity contribution in [3.8, 4) is 5.75 Å². The van der Waals surface area contributed by atoms with Gasteiger partial charge in [-0.3, -0.25) is 14.9 Å². The molecule has 0 unspecified atom stereocenters. The average molecular weight is 387 g/mol. The number of nitro benzene ring substituents is 1. The number of esters is 1. The summed E-state index contributed by atoms with van der Waals surface area (Å²) in [4.78, 5) is 35.2. The number of nitrogens with zero attached hydrogens (tertiary/aromatic N) is 1. The maximum absolute atomic E-state index is 12.4. The Kier molecular flexibility index (Phi) is 6.91. The molecular formula is C19H21N3O6. The Balaban J connectivity index is 2.13. The lowest BCUT2D eigenvalue weighted by Gasteiger charge is -2.16. The fourth-order valence-corrected chi connectivity index (χ4v) is 2.40. The summed E-state index contributed by atoms with van der Waals surface area (Å²) in [6.45, 7) is 3.66. The molecule has 0 aliphatic rings. The molecule has 0 radical (unpaired) electrons. The van der Waals surface area contributed by atoms with E-state index in [1.54, 1.807) is 31.3 Å². The first kappa shape index (κ1) is 20.7. The zero-order valence-corrected chi connectivity index (χ0v) is 15.7. The molecule has 0 fully saturated rings. The van der Waals surface area contributed by atoms with Gasteiger partial charge in [-0.1, -0.05) is 12.1 Å². The summed E-state index contributed by atoms with van der Waals surface area (Å²) in [6, 6.07) is 10.6. The molecular weight excluding hydrogens is 366 g/mol. The Hall–Kier alpha value is -3.62. The van der Waals surface area contributed by atoms with E-state index in [4.69, 9.17) is 9.47 Å². The van der Waals surface area contributed by atoms with Crippen LogP contribution in [0.5, 0.6) is 5.75 Å². The number of nitro groups is 1. The molecule has 2 aromatic carbocycles. The van der Waals surface area contributed by atoms with Crippen LogP contribution in [0.3, 0.4) is 0 Å². The second kappa shape index (κ2) is 9.36. The number of amides is 1. The van der Waals surface area contributed by atoms with Gasteiger partial charge in [-0.2, -0.15) is 0 Å². The van der Waals surface area contributed by atoms with Crippen LogP contribution in [0.1, 0.15) is 24.2 Å².